The van der Waals surface area contributed by atoms with Gasteiger partial charge in [0.1, 0.15) is 5.60 Å². The lowest BCUT2D eigenvalue weighted by atomic mass is 9.49. The van der Waals surface area contributed by atoms with E-state index in [4.69, 9.17) is 9.47 Å². The molecular formula is C20H28O3. The molecule has 0 aromatic carbocycles. The predicted molar refractivity (Wildman–Crippen MR) is 88.8 cm³/mol. The van der Waals surface area contributed by atoms with Gasteiger partial charge in [0.05, 0.1) is 6.10 Å². The van der Waals surface area contributed by atoms with Crippen LogP contribution in [0.1, 0.15) is 52.4 Å². The zero-order valence-electron chi connectivity index (χ0n) is 14.5. The summed E-state index contributed by atoms with van der Waals surface area (Å²) in [5.74, 6) is 1.51. The summed E-state index contributed by atoms with van der Waals surface area (Å²) >= 11 is 0. The van der Waals surface area contributed by atoms with E-state index in [-0.39, 0.29) is 11.6 Å². The van der Waals surface area contributed by atoms with Crippen LogP contribution in [0.5, 0.6) is 0 Å². The van der Waals surface area contributed by atoms with Crippen LogP contribution >= 0.6 is 0 Å². The van der Waals surface area contributed by atoms with E-state index in [0.29, 0.717) is 29.3 Å². The molecule has 0 aromatic rings. The summed E-state index contributed by atoms with van der Waals surface area (Å²) in [5, 5.41) is 0. The molecule has 0 spiro atoms. The van der Waals surface area contributed by atoms with Gasteiger partial charge in [0.2, 0.25) is 0 Å². The Hall–Kier alpha value is -1.09. The first kappa shape index (κ1) is 15.4. The number of esters is 1. The van der Waals surface area contributed by atoms with Gasteiger partial charge in [0.15, 0.2) is 0 Å². The minimum Gasteiger partial charge on any atom is -0.456 e. The van der Waals surface area contributed by atoms with E-state index in [1.165, 1.54) is 19.3 Å². The molecule has 0 saturated heterocycles. The molecule has 0 amide bonds. The molecule has 0 unspecified atom stereocenters. The fourth-order valence-electron chi connectivity index (χ4n) is 5.96. The van der Waals surface area contributed by atoms with Crippen LogP contribution in [-0.2, 0) is 14.3 Å². The van der Waals surface area contributed by atoms with Gasteiger partial charge in [-0.05, 0) is 62.7 Å². The molecule has 4 aliphatic rings. The molecule has 3 nitrogen and oxygen atoms in total. The lowest BCUT2D eigenvalue weighted by Gasteiger charge is -2.58. The van der Waals surface area contributed by atoms with Gasteiger partial charge in [-0.25, -0.2) is 4.79 Å². The standard InChI is InChI=1S/C20H28O3/c1-19-10-8-14(22-3)12-13(19)4-5-15-16(19)9-11-20(2)17(15)6-7-18(21)23-20/h4,6-7,14-17H,5,8-12H2,1-3H3/t14-,15+,16-,17-,19-,20-/m0/s1. The quantitative estimate of drug-likeness (QED) is 0.541. The molecule has 126 valence electrons. The summed E-state index contributed by atoms with van der Waals surface area (Å²) in [7, 11) is 1.84. The molecule has 3 aliphatic carbocycles. The van der Waals surface area contributed by atoms with Gasteiger partial charge in [-0.2, -0.15) is 0 Å². The first-order valence-corrected chi connectivity index (χ1v) is 9.10. The molecule has 2 saturated carbocycles. The zero-order chi connectivity index (χ0) is 16.2. The zero-order valence-corrected chi connectivity index (χ0v) is 14.5. The number of rotatable bonds is 1. The fraction of sp³-hybridized carbons (Fsp3) is 0.750. The number of ether oxygens (including phenoxy) is 2. The van der Waals surface area contributed by atoms with Crippen molar-refractivity contribution in [2.24, 2.45) is 23.2 Å². The van der Waals surface area contributed by atoms with E-state index in [0.717, 1.165) is 19.3 Å². The summed E-state index contributed by atoms with van der Waals surface area (Å²) in [6.07, 6.45) is 13.5. The average molecular weight is 316 g/mol. The molecule has 1 heterocycles. The number of allylic oxidation sites excluding steroid dienone is 1. The summed E-state index contributed by atoms with van der Waals surface area (Å²) < 4.78 is 11.4. The third-order valence-corrected chi connectivity index (χ3v) is 7.36. The lowest BCUT2D eigenvalue weighted by Crippen LogP contribution is -2.55. The molecule has 4 rings (SSSR count). The Morgan fingerprint density at radius 3 is 2.87 bits per heavy atom. The third-order valence-electron chi connectivity index (χ3n) is 7.36. The van der Waals surface area contributed by atoms with Crippen molar-refractivity contribution in [1.29, 1.82) is 0 Å². The number of carbonyl (C=O) groups excluding carboxylic acids is 1. The van der Waals surface area contributed by atoms with Gasteiger partial charge >= 0.3 is 5.97 Å². The number of hydrogen-bond donors (Lipinski definition) is 0. The normalized spacial score (nSPS) is 48.7. The van der Waals surface area contributed by atoms with Gasteiger partial charge in [-0.15, -0.1) is 0 Å². The molecule has 0 radical (unpaired) electrons. The summed E-state index contributed by atoms with van der Waals surface area (Å²) in [6.45, 7) is 4.61. The third kappa shape index (κ3) is 2.23. The maximum Gasteiger partial charge on any atom is 0.330 e. The van der Waals surface area contributed by atoms with Gasteiger partial charge in [-0.3, -0.25) is 0 Å². The molecule has 0 N–H and O–H groups in total. The Morgan fingerprint density at radius 1 is 1.26 bits per heavy atom. The summed E-state index contributed by atoms with van der Waals surface area (Å²) in [4.78, 5) is 11.7. The first-order chi connectivity index (χ1) is 11.0. The second-order valence-electron chi connectivity index (χ2n) is 8.41. The SMILES string of the molecule is CO[C@H]1CC[C@@]2(C)C(=CC[C@@H]3[C@@H]2CC[C@]2(C)OC(=O)C=C[C@@H]32)C1. The first-order valence-electron chi connectivity index (χ1n) is 9.10. The summed E-state index contributed by atoms with van der Waals surface area (Å²) in [6, 6.07) is 0. The van der Waals surface area contributed by atoms with Crippen LogP contribution in [-0.4, -0.2) is 24.8 Å². The van der Waals surface area contributed by atoms with Gasteiger partial charge < -0.3 is 9.47 Å². The Kier molecular flexibility index (Phi) is 3.49. The van der Waals surface area contributed by atoms with Crippen molar-refractivity contribution >= 4 is 5.97 Å². The molecule has 0 bridgehead atoms. The minimum absolute atomic E-state index is 0.166. The Bertz CT molecular complexity index is 577. The second kappa shape index (κ2) is 5.20. The van der Waals surface area contributed by atoms with Crippen LogP contribution in [0.3, 0.4) is 0 Å². The maximum atomic E-state index is 11.7. The highest BCUT2D eigenvalue weighted by atomic mass is 16.6. The average Bonchev–Trinajstić information content (AvgIpc) is 2.52. The Balaban J connectivity index is 1.67. The van der Waals surface area contributed by atoms with E-state index in [9.17, 15) is 4.79 Å². The van der Waals surface area contributed by atoms with Crippen molar-refractivity contribution in [2.75, 3.05) is 7.11 Å². The van der Waals surface area contributed by atoms with Crippen molar-refractivity contribution in [3.8, 4) is 0 Å². The van der Waals surface area contributed by atoms with Crippen LogP contribution in [0.15, 0.2) is 23.8 Å². The smallest absolute Gasteiger partial charge is 0.330 e. The van der Waals surface area contributed by atoms with Crippen molar-refractivity contribution in [2.45, 2.75) is 64.1 Å². The molecule has 6 atom stereocenters. The number of methoxy groups -OCH3 is 1. The maximum absolute atomic E-state index is 11.7. The predicted octanol–water partition coefficient (Wildman–Crippen LogP) is 4.04. The summed E-state index contributed by atoms with van der Waals surface area (Å²) in [5.41, 5.74) is 1.64. The Labute approximate surface area is 139 Å². The van der Waals surface area contributed by atoms with Crippen molar-refractivity contribution in [1.82, 2.24) is 0 Å². The molecule has 2 fully saturated rings. The van der Waals surface area contributed by atoms with Crippen LogP contribution in [0.25, 0.3) is 0 Å². The monoisotopic (exact) mass is 316 g/mol. The molecular weight excluding hydrogens is 288 g/mol. The molecule has 3 heteroatoms. The van der Waals surface area contributed by atoms with E-state index >= 15 is 0 Å². The molecule has 0 aromatic heterocycles. The topological polar surface area (TPSA) is 35.5 Å². The molecule has 23 heavy (non-hydrogen) atoms. The van der Waals surface area contributed by atoms with E-state index in [1.54, 1.807) is 11.6 Å². The van der Waals surface area contributed by atoms with Crippen LogP contribution in [0.4, 0.5) is 0 Å². The second-order valence-corrected chi connectivity index (χ2v) is 8.41. The van der Waals surface area contributed by atoms with Crippen molar-refractivity contribution in [3.63, 3.8) is 0 Å². The van der Waals surface area contributed by atoms with E-state index in [2.05, 4.69) is 26.0 Å². The van der Waals surface area contributed by atoms with Gasteiger partial charge in [-0.1, -0.05) is 24.6 Å². The van der Waals surface area contributed by atoms with Crippen LogP contribution in [0, 0.1) is 23.2 Å². The number of hydrogen-bond acceptors (Lipinski definition) is 3. The van der Waals surface area contributed by atoms with Crippen LogP contribution in [0.2, 0.25) is 0 Å². The van der Waals surface area contributed by atoms with Crippen molar-refractivity contribution in [3.05, 3.63) is 23.8 Å². The van der Waals surface area contributed by atoms with Crippen LogP contribution < -0.4 is 0 Å². The van der Waals surface area contributed by atoms with E-state index < -0.39 is 0 Å². The number of fused-ring (bicyclic) bond motifs is 5. The van der Waals surface area contributed by atoms with Gasteiger partial charge in [0, 0.05) is 19.1 Å². The minimum atomic E-state index is -0.293. The largest absolute Gasteiger partial charge is 0.456 e. The van der Waals surface area contributed by atoms with E-state index in [1.807, 2.05) is 7.11 Å². The molecule has 1 aliphatic heterocycles. The highest BCUT2D eigenvalue weighted by Crippen LogP contribution is 2.60. The Morgan fingerprint density at radius 2 is 2.09 bits per heavy atom. The highest BCUT2D eigenvalue weighted by molar-refractivity contribution is 5.83. The highest BCUT2D eigenvalue weighted by Gasteiger charge is 2.56. The van der Waals surface area contributed by atoms with Crippen molar-refractivity contribution < 1.29 is 14.3 Å². The fourth-order valence-corrected chi connectivity index (χ4v) is 5.96. The van der Waals surface area contributed by atoms with Gasteiger partial charge in [0.25, 0.3) is 0 Å². The lowest BCUT2D eigenvalue weighted by molar-refractivity contribution is -0.172. The number of carbonyl (C=O) groups is 1.